The van der Waals surface area contributed by atoms with E-state index in [2.05, 4.69) is 5.32 Å². The molecule has 54 valence electrons. The normalized spacial score (nSPS) is 9.11. The highest BCUT2D eigenvalue weighted by Crippen LogP contribution is 1.84. The second kappa shape index (κ2) is 5.60. The predicted octanol–water partition coefficient (Wildman–Crippen LogP) is 1.31. The first-order valence-corrected chi connectivity index (χ1v) is 3.58. The van der Waals surface area contributed by atoms with Crippen LogP contribution in [-0.4, -0.2) is 12.5 Å². The summed E-state index contributed by atoms with van der Waals surface area (Å²) in [5.74, 6) is 0.180. The third-order valence-electron chi connectivity index (χ3n) is 1.05. The fraction of sp³-hybridized carbons (Fsp3) is 0.857. The van der Waals surface area contributed by atoms with Crippen LogP contribution in [0.3, 0.4) is 0 Å². The molecule has 0 aliphatic rings. The average Bonchev–Trinajstić information content (AvgIpc) is 1.85. The average molecular weight is 129 g/mol. The van der Waals surface area contributed by atoms with E-state index in [9.17, 15) is 4.79 Å². The third kappa shape index (κ3) is 5.34. The first kappa shape index (κ1) is 8.47. The van der Waals surface area contributed by atoms with Crippen molar-refractivity contribution >= 4 is 5.91 Å². The zero-order chi connectivity index (χ0) is 7.11. The molecule has 0 aromatic heterocycles. The largest absolute Gasteiger partial charge is 0.356 e. The van der Waals surface area contributed by atoms with Crippen molar-refractivity contribution in [1.82, 2.24) is 5.32 Å². The van der Waals surface area contributed by atoms with Crippen molar-refractivity contribution in [1.29, 1.82) is 0 Å². The Balaban J connectivity index is 3.06. The molecule has 0 rings (SSSR count). The molecule has 0 aromatic rings. The smallest absolute Gasteiger partial charge is 0.219 e. The molecule has 0 spiro atoms. The van der Waals surface area contributed by atoms with E-state index in [1.54, 1.807) is 0 Å². The van der Waals surface area contributed by atoms with Crippen molar-refractivity contribution < 1.29 is 4.79 Å². The van der Waals surface area contributed by atoms with Crippen molar-refractivity contribution in [2.75, 3.05) is 6.54 Å². The lowest BCUT2D eigenvalue weighted by atomic mass is 10.3. The van der Waals surface area contributed by atoms with Crippen LogP contribution in [0.5, 0.6) is 0 Å². The van der Waals surface area contributed by atoms with Crippen LogP contribution in [0.1, 0.15) is 33.1 Å². The summed E-state index contributed by atoms with van der Waals surface area (Å²) in [6, 6.07) is 0. The highest BCUT2D eigenvalue weighted by Gasteiger charge is 1.94. The zero-order valence-corrected chi connectivity index (χ0v) is 6.24. The van der Waals surface area contributed by atoms with Gasteiger partial charge in [-0.3, -0.25) is 4.79 Å². The molecule has 0 atom stereocenters. The van der Waals surface area contributed by atoms with Crippen molar-refractivity contribution in [3.63, 3.8) is 0 Å². The fourth-order valence-corrected chi connectivity index (χ4v) is 0.580. The summed E-state index contributed by atoms with van der Waals surface area (Å²) in [6.07, 6.45) is 2.63. The lowest BCUT2D eigenvalue weighted by molar-refractivity contribution is -0.121. The molecular formula is C7H15NO. The van der Waals surface area contributed by atoms with Gasteiger partial charge in [0.2, 0.25) is 5.91 Å². The van der Waals surface area contributed by atoms with Crippen LogP contribution in [0.4, 0.5) is 0 Å². The molecule has 0 saturated carbocycles. The summed E-state index contributed by atoms with van der Waals surface area (Å²) in [5.41, 5.74) is 0. The van der Waals surface area contributed by atoms with Crippen LogP contribution in [0.25, 0.3) is 0 Å². The van der Waals surface area contributed by atoms with Gasteiger partial charge in [0, 0.05) is 13.0 Å². The van der Waals surface area contributed by atoms with Crippen LogP contribution in [0.15, 0.2) is 0 Å². The molecule has 0 saturated heterocycles. The number of nitrogens with one attached hydrogen (secondary N) is 1. The standard InChI is InChI=1S/C7H15NO/c1-3-5-7(9)8-6-4-2/h3-6H2,1-2H3,(H,8,9). The maximum Gasteiger partial charge on any atom is 0.219 e. The first-order valence-electron chi connectivity index (χ1n) is 3.58. The molecule has 2 heteroatoms. The van der Waals surface area contributed by atoms with Crippen LogP contribution in [0.2, 0.25) is 0 Å². The van der Waals surface area contributed by atoms with Crippen LogP contribution in [-0.2, 0) is 4.79 Å². The summed E-state index contributed by atoms with van der Waals surface area (Å²) in [4.78, 5) is 10.7. The quantitative estimate of drug-likeness (QED) is 0.609. The van der Waals surface area contributed by atoms with Crippen molar-refractivity contribution in [2.45, 2.75) is 33.1 Å². The topological polar surface area (TPSA) is 29.1 Å². The molecule has 2 nitrogen and oxygen atoms in total. The number of carbonyl (C=O) groups excluding carboxylic acids is 1. The van der Waals surface area contributed by atoms with Gasteiger partial charge in [0.15, 0.2) is 0 Å². The first-order chi connectivity index (χ1) is 4.31. The molecule has 0 bridgehead atoms. The number of hydrogen-bond donors (Lipinski definition) is 1. The minimum atomic E-state index is 0.180. The second-order valence-electron chi connectivity index (χ2n) is 2.10. The fourth-order valence-electron chi connectivity index (χ4n) is 0.580. The molecule has 0 fully saturated rings. The molecule has 9 heavy (non-hydrogen) atoms. The zero-order valence-electron chi connectivity index (χ0n) is 6.24. The van der Waals surface area contributed by atoms with Gasteiger partial charge >= 0.3 is 0 Å². The van der Waals surface area contributed by atoms with Gasteiger partial charge in [0.1, 0.15) is 0 Å². The van der Waals surface area contributed by atoms with Crippen molar-refractivity contribution in [2.24, 2.45) is 0 Å². The summed E-state index contributed by atoms with van der Waals surface area (Å²) >= 11 is 0. The third-order valence-corrected chi connectivity index (χ3v) is 1.05. The molecule has 0 aliphatic carbocycles. The SMILES string of the molecule is CCCNC(=O)CCC. The highest BCUT2D eigenvalue weighted by atomic mass is 16.1. The Morgan fingerprint density at radius 3 is 2.44 bits per heavy atom. The maximum atomic E-state index is 10.7. The van der Waals surface area contributed by atoms with Gasteiger partial charge in [-0.05, 0) is 12.8 Å². The van der Waals surface area contributed by atoms with E-state index < -0.39 is 0 Å². The maximum absolute atomic E-state index is 10.7. The number of hydrogen-bond acceptors (Lipinski definition) is 1. The van der Waals surface area contributed by atoms with Gasteiger partial charge in [-0.1, -0.05) is 13.8 Å². The Morgan fingerprint density at radius 1 is 1.33 bits per heavy atom. The van der Waals surface area contributed by atoms with E-state index >= 15 is 0 Å². The molecule has 0 heterocycles. The summed E-state index contributed by atoms with van der Waals surface area (Å²) in [5, 5.41) is 2.79. The molecule has 0 radical (unpaired) electrons. The van der Waals surface area contributed by atoms with Crippen LogP contribution >= 0.6 is 0 Å². The van der Waals surface area contributed by atoms with E-state index in [4.69, 9.17) is 0 Å². The Labute approximate surface area is 56.6 Å². The Hall–Kier alpha value is -0.530. The second-order valence-corrected chi connectivity index (χ2v) is 2.10. The van der Waals surface area contributed by atoms with Gasteiger partial charge in [-0.2, -0.15) is 0 Å². The van der Waals surface area contributed by atoms with Crippen molar-refractivity contribution in [3.05, 3.63) is 0 Å². The van der Waals surface area contributed by atoms with Gasteiger partial charge in [0.05, 0.1) is 0 Å². The van der Waals surface area contributed by atoms with Crippen LogP contribution in [0, 0.1) is 0 Å². The summed E-state index contributed by atoms with van der Waals surface area (Å²) < 4.78 is 0. The van der Waals surface area contributed by atoms with Gasteiger partial charge in [-0.15, -0.1) is 0 Å². The molecule has 1 amide bonds. The molecule has 0 aliphatic heterocycles. The van der Waals surface area contributed by atoms with E-state index in [-0.39, 0.29) is 5.91 Å². The van der Waals surface area contributed by atoms with Gasteiger partial charge in [0.25, 0.3) is 0 Å². The minimum Gasteiger partial charge on any atom is -0.356 e. The number of amides is 1. The van der Waals surface area contributed by atoms with Gasteiger partial charge < -0.3 is 5.32 Å². The number of rotatable bonds is 4. The van der Waals surface area contributed by atoms with E-state index in [0.29, 0.717) is 6.42 Å². The molecule has 0 unspecified atom stereocenters. The predicted molar refractivity (Wildman–Crippen MR) is 38.2 cm³/mol. The van der Waals surface area contributed by atoms with E-state index in [1.165, 1.54) is 0 Å². The van der Waals surface area contributed by atoms with Crippen LogP contribution < -0.4 is 5.32 Å². The minimum absolute atomic E-state index is 0.180. The molecule has 1 N–H and O–H groups in total. The lowest BCUT2D eigenvalue weighted by Gasteiger charge is -1.99. The number of carbonyl (C=O) groups is 1. The summed E-state index contributed by atoms with van der Waals surface area (Å²) in [6.45, 7) is 4.87. The Kier molecular flexibility index (Phi) is 5.27. The molecular weight excluding hydrogens is 114 g/mol. The Bertz CT molecular complexity index is 81.0. The monoisotopic (exact) mass is 129 g/mol. The van der Waals surface area contributed by atoms with E-state index in [1.807, 2.05) is 13.8 Å². The summed E-state index contributed by atoms with van der Waals surface area (Å²) in [7, 11) is 0. The lowest BCUT2D eigenvalue weighted by Crippen LogP contribution is -2.23. The highest BCUT2D eigenvalue weighted by molar-refractivity contribution is 5.75. The van der Waals surface area contributed by atoms with Gasteiger partial charge in [-0.25, -0.2) is 0 Å². The van der Waals surface area contributed by atoms with E-state index in [0.717, 1.165) is 19.4 Å². The Morgan fingerprint density at radius 2 is 2.00 bits per heavy atom. The van der Waals surface area contributed by atoms with Crippen molar-refractivity contribution in [3.8, 4) is 0 Å². The molecule has 0 aromatic carbocycles.